The molecule has 0 aliphatic carbocycles. The number of hydrogen-bond acceptors (Lipinski definition) is 2. The molecule has 0 radical (unpaired) electrons. The number of benzene rings is 1. The Morgan fingerprint density at radius 2 is 1.79 bits per heavy atom. The largest absolute Gasteiger partial charge is 0.334 e. The molecule has 0 atom stereocenters. The van der Waals surface area contributed by atoms with Gasteiger partial charge < -0.3 is 9.80 Å². The molecule has 4 nitrogen and oxygen atoms in total. The van der Waals surface area contributed by atoms with Crippen LogP contribution in [0.3, 0.4) is 0 Å². The number of amides is 2. The molecule has 0 aliphatic rings. The van der Waals surface area contributed by atoms with Crippen LogP contribution in [0.4, 0.5) is 5.69 Å². The highest BCUT2D eigenvalue weighted by molar-refractivity contribution is 5.95. The van der Waals surface area contributed by atoms with E-state index in [-0.39, 0.29) is 18.4 Å². The first-order valence-electron chi connectivity index (χ1n) is 6.63. The van der Waals surface area contributed by atoms with Gasteiger partial charge in [-0.05, 0) is 18.6 Å². The summed E-state index contributed by atoms with van der Waals surface area (Å²) in [6.45, 7) is 4.35. The van der Waals surface area contributed by atoms with Gasteiger partial charge in [0.15, 0.2) is 0 Å². The van der Waals surface area contributed by atoms with E-state index >= 15 is 0 Å². The average Bonchev–Trinajstić information content (AvgIpc) is 2.43. The SMILES string of the molecule is CCCCN(CC(=O)N(C)c1ccccc1)C(C)=O. The minimum Gasteiger partial charge on any atom is -0.334 e. The molecule has 0 aromatic heterocycles. The second kappa shape index (κ2) is 7.56. The molecule has 0 saturated carbocycles. The number of likely N-dealkylation sites (N-methyl/N-ethyl adjacent to an activating group) is 1. The van der Waals surface area contributed by atoms with Crippen LogP contribution in [0.5, 0.6) is 0 Å². The van der Waals surface area contributed by atoms with E-state index in [4.69, 9.17) is 0 Å². The summed E-state index contributed by atoms with van der Waals surface area (Å²) in [6.07, 6.45) is 1.93. The summed E-state index contributed by atoms with van der Waals surface area (Å²) in [5.74, 6) is -0.124. The van der Waals surface area contributed by atoms with Crippen molar-refractivity contribution in [1.29, 1.82) is 0 Å². The molecule has 104 valence electrons. The number of carbonyl (C=O) groups excluding carboxylic acids is 2. The Morgan fingerprint density at radius 1 is 1.16 bits per heavy atom. The summed E-state index contributed by atoms with van der Waals surface area (Å²) in [5, 5.41) is 0. The van der Waals surface area contributed by atoms with Gasteiger partial charge in [0, 0.05) is 26.2 Å². The van der Waals surface area contributed by atoms with Crippen molar-refractivity contribution in [3.05, 3.63) is 30.3 Å². The fourth-order valence-corrected chi connectivity index (χ4v) is 1.76. The van der Waals surface area contributed by atoms with Gasteiger partial charge in [-0.15, -0.1) is 0 Å². The Morgan fingerprint density at radius 3 is 2.32 bits per heavy atom. The normalized spacial score (nSPS) is 10.1. The third-order valence-electron chi connectivity index (χ3n) is 3.07. The second-order valence-corrected chi connectivity index (χ2v) is 4.58. The average molecular weight is 262 g/mol. The van der Waals surface area contributed by atoms with Gasteiger partial charge in [0.1, 0.15) is 6.54 Å². The Kier molecular flexibility index (Phi) is 6.06. The maximum Gasteiger partial charge on any atom is 0.246 e. The Labute approximate surface area is 115 Å². The molecular formula is C15H22N2O2. The maximum absolute atomic E-state index is 12.2. The summed E-state index contributed by atoms with van der Waals surface area (Å²) in [7, 11) is 1.73. The highest BCUT2D eigenvalue weighted by Crippen LogP contribution is 2.11. The van der Waals surface area contributed by atoms with Gasteiger partial charge in [-0.3, -0.25) is 9.59 Å². The number of hydrogen-bond donors (Lipinski definition) is 0. The van der Waals surface area contributed by atoms with Crippen LogP contribution < -0.4 is 4.90 Å². The molecule has 0 N–H and O–H groups in total. The van der Waals surface area contributed by atoms with Crippen LogP contribution in [-0.2, 0) is 9.59 Å². The number of rotatable bonds is 6. The van der Waals surface area contributed by atoms with Gasteiger partial charge in [-0.1, -0.05) is 31.5 Å². The van der Waals surface area contributed by atoms with E-state index in [9.17, 15) is 9.59 Å². The molecule has 0 bridgehead atoms. The van der Waals surface area contributed by atoms with Gasteiger partial charge in [0.2, 0.25) is 11.8 Å². The molecule has 1 aromatic carbocycles. The zero-order valence-electron chi connectivity index (χ0n) is 11.9. The predicted octanol–water partition coefficient (Wildman–Crippen LogP) is 2.30. The summed E-state index contributed by atoms with van der Waals surface area (Å²) >= 11 is 0. The van der Waals surface area contributed by atoms with E-state index in [1.54, 1.807) is 16.8 Å². The minimum absolute atomic E-state index is 0.0525. The van der Waals surface area contributed by atoms with Crippen LogP contribution >= 0.6 is 0 Å². The maximum atomic E-state index is 12.2. The van der Waals surface area contributed by atoms with Crippen molar-refractivity contribution in [3.8, 4) is 0 Å². The van der Waals surface area contributed by atoms with Crippen molar-refractivity contribution in [3.63, 3.8) is 0 Å². The van der Waals surface area contributed by atoms with E-state index in [0.717, 1.165) is 18.5 Å². The molecular weight excluding hydrogens is 240 g/mol. The lowest BCUT2D eigenvalue weighted by Crippen LogP contribution is -2.41. The highest BCUT2D eigenvalue weighted by atomic mass is 16.2. The lowest BCUT2D eigenvalue weighted by molar-refractivity contribution is -0.133. The molecule has 0 aliphatic heterocycles. The predicted molar refractivity (Wildman–Crippen MR) is 77.0 cm³/mol. The summed E-state index contributed by atoms with van der Waals surface area (Å²) in [4.78, 5) is 26.8. The highest BCUT2D eigenvalue weighted by Gasteiger charge is 2.17. The number of nitrogens with zero attached hydrogens (tertiary/aromatic N) is 2. The zero-order chi connectivity index (χ0) is 14.3. The van der Waals surface area contributed by atoms with Crippen molar-refractivity contribution in [2.45, 2.75) is 26.7 Å². The van der Waals surface area contributed by atoms with Crippen LogP contribution in [0.25, 0.3) is 0 Å². The number of unbranched alkanes of at least 4 members (excludes halogenated alkanes) is 1. The second-order valence-electron chi connectivity index (χ2n) is 4.58. The first kappa shape index (κ1) is 15.2. The molecule has 0 unspecified atom stereocenters. The molecule has 1 aromatic rings. The molecule has 4 heteroatoms. The van der Waals surface area contributed by atoms with Crippen LogP contribution in [0.2, 0.25) is 0 Å². The monoisotopic (exact) mass is 262 g/mol. The van der Waals surface area contributed by atoms with Crippen LogP contribution in [0.1, 0.15) is 26.7 Å². The molecule has 19 heavy (non-hydrogen) atoms. The molecule has 0 spiro atoms. The van der Waals surface area contributed by atoms with E-state index in [0.29, 0.717) is 6.54 Å². The van der Waals surface area contributed by atoms with E-state index in [1.807, 2.05) is 30.3 Å². The lowest BCUT2D eigenvalue weighted by Gasteiger charge is -2.24. The van der Waals surface area contributed by atoms with Crippen LogP contribution in [-0.4, -0.2) is 36.9 Å². The standard InChI is InChI=1S/C15H22N2O2/c1-4-5-11-17(13(2)18)12-15(19)16(3)14-9-7-6-8-10-14/h6-10H,4-5,11-12H2,1-3H3. The number of carbonyl (C=O) groups is 2. The van der Waals surface area contributed by atoms with Gasteiger partial charge in [0.05, 0.1) is 0 Å². The molecule has 2 amide bonds. The van der Waals surface area contributed by atoms with Gasteiger partial charge in [0.25, 0.3) is 0 Å². The molecule has 0 fully saturated rings. The van der Waals surface area contributed by atoms with Crippen molar-refractivity contribution in [1.82, 2.24) is 4.90 Å². The quantitative estimate of drug-likeness (QED) is 0.789. The van der Waals surface area contributed by atoms with Crippen LogP contribution in [0, 0.1) is 0 Å². The van der Waals surface area contributed by atoms with E-state index in [2.05, 4.69) is 6.92 Å². The first-order chi connectivity index (χ1) is 9.06. The first-order valence-corrected chi connectivity index (χ1v) is 6.63. The minimum atomic E-state index is -0.0718. The van der Waals surface area contributed by atoms with E-state index in [1.165, 1.54) is 6.92 Å². The van der Waals surface area contributed by atoms with Crippen molar-refractivity contribution in [2.75, 3.05) is 25.0 Å². The van der Waals surface area contributed by atoms with Gasteiger partial charge >= 0.3 is 0 Å². The Bertz CT molecular complexity index is 417. The third-order valence-corrected chi connectivity index (χ3v) is 3.07. The Balaban J connectivity index is 2.64. The number of anilines is 1. The van der Waals surface area contributed by atoms with Crippen molar-refractivity contribution < 1.29 is 9.59 Å². The number of para-hydroxylation sites is 1. The summed E-state index contributed by atoms with van der Waals surface area (Å²) in [6, 6.07) is 9.44. The van der Waals surface area contributed by atoms with Gasteiger partial charge in [-0.2, -0.15) is 0 Å². The fraction of sp³-hybridized carbons (Fsp3) is 0.467. The fourth-order valence-electron chi connectivity index (χ4n) is 1.76. The van der Waals surface area contributed by atoms with Crippen LogP contribution in [0.15, 0.2) is 30.3 Å². The third kappa shape index (κ3) is 4.73. The lowest BCUT2D eigenvalue weighted by atomic mass is 10.2. The summed E-state index contributed by atoms with van der Waals surface area (Å²) < 4.78 is 0. The zero-order valence-corrected chi connectivity index (χ0v) is 11.9. The molecule has 0 saturated heterocycles. The van der Waals surface area contributed by atoms with Gasteiger partial charge in [-0.25, -0.2) is 0 Å². The topological polar surface area (TPSA) is 40.6 Å². The Hall–Kier alpha value is -1.84. The molecule has 0 heterocycles. The van der Waals surface area contributed by atoms with Crippen molar-refractivity contribution >= 4 is 17.5 Å². The van der Waals surface area contributed by atoms with Crippen molar-refractivity contribution in [2.24, 2.45) is 0 Å². The van der Waals surface area contributed by atoms with E-state index < -0.39 is 0 Å². The molecule has 1 rings (SSSR count). The summed E-state index contributed by atoms with van der Waals surface area (Å²) in [5.41, 5.74) is 0.839. The smallest absolute Gasteiger partial charge is 0.246 e.